The van der Waals surface area contributed by atoms with Crippen molar-refractivity contribution < 1.29 is 0 Å². The van der Waals surface area contributed by atoms with Gasteiger partial charge in [-0.15, -0.1) is 22.7 Å². The largest absolute Gasteiger partial charge is 0.329 e. The van der Waals surface area contributed by atoms with E-state index in [1.165, 1.54) is 16.2 Å². The van der Waals surface area contributed by atoms with Crippen LogP contribution in [0.15, 0.2) is 39.9 Å². The third kappa shape index (κ3) is 2.81. The van der Waals surface area contributed by atoms with Crippen molar-refractivity contribution in [1.29, 1.82) is 0 Å². The number of thiophene rings is 2. The van der Waals surface area contributed by atoms with Gasteiger partial charge in [0.15, 0.2) is 5.16 Å². The van der Waals surface area contributed by atoms with Crippen LogP contribution in [0.25, 0.3) is 20.7 Å². The summed E-state index contributed by atoms with van der Waals surface area (Å²) in [5.41, 5.74) is 0.905. The van der Waals surface area contributed by atoms with E-state index in [2.05, 4.69) is 34.0 Å². The van der Waals surface area contributed by atoms with Gasteiger partial charge in [0.05, 0.1) is 11.1 Å². The topological polar surface area (TPSA) is 63.6 Å². The lowest BCUT2D eigenvalue weighted by atomic mass is 10.2. The maximum Gasteiger partial charge on any atom is 0.260 e. The van der Waals surface area contributed by atoms with E-state index < -0.39 is 0 Å². The predicted octanol–water partition coefficient (Wildman–Crippen LogP) is 4.05. The van der Waals surface area contributed by atoms with Gasteiger partial charge in [-0.3, -0.25) is 4.79 Å². The van der Waals surface area contributed by atoms with Gasteiger partial charge in [-0.2, -0.15) is 0 Å². The number of thioether (sulfide) groups is 1. The third-order valence-electron chi connectivity index (χ3n) is 3.61. The van der Waals surface area contributed by atoms with Crippen LogP contribution in [-0.4, -0.2) is 19.5 Å². The van der Waals surface area contributed by atoms with Gasteiger partial charge in [0, 0.05) is 40.1 Å². The highest BCUT2D eigenvalue weighted by Crippen LogP contribution is 2.35. The fourth-order valence-electron chi connectivity index (χ4n) is 2.45. The predicted molar refractivity (Wildman–Crippen MR) is 101 cm³/mol. The molecule has 0 unspecified atom stereocenters. The molecule has 0 amide bonds. The zero-order valence-corrected chi connectivity index (χ0v) is 15.5. The van der Waals surface area contributed by atoms with Gasteiger partial charge in [-0.1, -0.05) is 11.8 Å². The first-order valence-electron chi connectivity index (χ1n) is 7.29. The van der Waals surface area contributed by atoms with E-state index >= 15 is 0 Å². The maximum atomic E-state index is 12.6. The number of H-pyrrole nitrogens is 1. The van der Waals surface area contributed by atoms with Crippen LogP contribution < -0.4 is 5.56 Å². The second kappa shape index (κ2) is 6.19. The molecule has 0 aromatic carbocycles. The van der Waals surface area contributed by atoms with E-state index in [4.69, 9.17) is 0 Å². The molecule has 0 fully saturated rings. The number of aromatic amines is 1. The van der Waals surface area contributed by atoms with Crippen molar-refractivity contribution in [3.8, 4) is 10.4 Å². The molecule has 0 bridgehead atoms. The molecule has 4 aromatic heterocycles. The van der Waals surface area contributed by atoms with Gasteiger partial charge in [0.25, 0.3) is 5.56 Å². The van der Waals surface area contributed by atoms with Gasteiger partial charge >= 0.3 is 0 Å². The van der Waals surface area contributed by atoms with Crippen LogP contribution in [0.3, 0.4) is 0 Å². The second-order valence-electron chi connectivity index (χ2n) is 5.36. The molecule has 0 aliphatic carbocycles. The SMILES string of the molecule is Cc1ccc(-c2csc3nc(CSc4nccn4C)[nH]c(=O)c23)s1. The number of nitrogens with zero attached hydrogens (tertiary/aromatic N) is 3. The highest BCUT2D eigenvalue weighted by Gasteiger charge is 2.14. The lowest BCUT2D eigenvalue weighted by molar-refractivity contribution is 0.789. The first-order valence-corrected chi connectivity index (χ1v) is 9.97. The third-order valence-corrected chi connectivity index (χ3v) is 6.59. The minimum absolute atomic E-state index is 0.0715. The van der Waals surface area contributed by atoms with Crippen molar-refractivity contribution in [1.82, 2.24) is 19.5 Å². The molecule has 0 aliphatic rings. The molecule has 8 heteroatoms. The fraction of sp³-hybridized carbons (Fsp3) is 0.188. The molecule has 0 atom stereocenters. The number of nitrogens with one attached hydrogen (secondary N) is 1. The van der Waals surface area contributed by atoms with Crippen molar-refractivity contribution in [2.24, 2.45) is 7.05 Å². The minimum atomic E-state index is -0.0715. The molecule has 4 rings (SSSR count). The summed E-state index contributed by atoms with van der Waals surface area (Å²) in [6.07, 6.45) is 3.66. The van der Waals surface area contributed by atoms with E-state index in [0.717, 1.165) is 20.4 Å². The number of hydrogen-bond donors (Lipinski definition) is 1. The number of aryl methyl sites for hydroxylation is 2. The second-order valence-corrected chi connectivity index (χ2v) is 8.45. The molecule has 4 heterocycles. The maximum absolute atomic E-state index is 12.6. The Balaban J connectivity index is 1.68. The Labute approximate surface area is 150 Å². The van der Waals surface area contributed by atoms with Gasteiger partial charge in [0.1, 0.15) is 10.7 Å². The van der Waals surface area contributed by atoms with Crippen LogP contribution in [0.5, 0.6) is 0 Å². The molecule has 4 aromatic rings. The van der Waals surface area contributed by atoms with Gasteiger partial charge in [0.2, 0.25) is 0 Å². The molecule has 0 radical (unpaired) electrons. The fourth-order valence-corrected chi connectivity index (χ4v) is 5.17. The molecule has 0 spiro atoms. The lowest BCUT2D eigenvalue weighted by Crippen LogP contribution is -2.10. The number of fused-ring (bicyclic) bond motifs is 1. The molecule has 0 saturated heterocycles. The Bertz CT molecular complexity index is 1070. The lowest BCUT2D eigenvalue weighted by Gasteiger charge is -2.02. The molecular weight excluding hydrogens is 360 g/mol. The van der Waals surface area contributed by atoms with E-state index in [1.54, 1.807) is 29.3 Å². The van der Waals surface area contributed by atoms with Crippen LogP contribution >= 0.6 is 34.4 Å². The standard InChI is InChI=1S/C16H14N4OS3/c1-9-3-4-11(24-9)10-7-22-15-13(10)14(21)18-12(19-15)8-23-16-17-5-6-20(16)2/h3-7H,8H2,1-2H3,(H,18,19,21). The highest BCUT2D eigenvalue weighted by molar-refractivity contribution is 7.98. The minimum Gasteiger partial charge on any atom is -0.329 e. The average molecular weight is 375 g/mol. The first-order chi connectivity index (χ1) is 11.6. The highest BCUT2D eigenvalue weighted by atomic mass is 32.2. The van der Waals surface area contributed by atoms with E-state index in [-0.39, 0.29) is 5.56 Å². The van der Waals surface area contributed by atoms with Crippen molar-refractivity contribution in [3.05, 3.63) is 51.0 Å². The zero-order valence-electron chi connectivity index (χ0n) is 13.1. The number of hydrogen-bond acceptors (Lipinski definition) is 6. The van der Waals surface area contributed by atoms with Crippen molar-refractivity contribution >= 4 is 44.7 Å². The average Bonchev–Trinajstić information content (AvgIpc) is 3.25. The Morgan fingerprint density at radius 2 is 2.25 bits per heavy atom. The van der Waals surface area contributed by atoms with Crippen LogP contribution in [0, 0.1) is 6.92 Å². The van der Waals surface area contributed by atoms with Crippen LogP contribution in [0.2, 0.25) is 0 Å². The smallest absolute Gasteiger partial charge is 0.260 e. The number of imidazole rings is 1. The van der Waals surface area contributed by atoms with Crippen LogP contribution in [0.4, 0.5) is 0 Å². The molecular formula is C16H14N4OS3. The summed E-state index contributed by atoms with van der Waals surface area (Å²) in [6, 6.07) is 4.13. The molecule has 24 heavy (non-hydrogen) atoms. The van der Waals surface area contributed by atoms with Crippen LogP contribution in [-0.2, 0) is 12.8 Å². The normalized spacial score (nSPS) is 11.4. The molecule has 5 nitrogen and oxygen atoms in total. The van der Waals surface area contributed by atoms with Gasteiger partial charge in [-0.25, -0.2) is 9.97 Å². The summed E-state index contributed by atoms with van der Waals surface area (Å²) in [5, 5.41) is 3.61. The summed E-state index contributed by atoms with van der Waals surface area (Å²) in [7, 11) is 1.95. The van der Waals surface area contributed by atoms with Crippen molar-refractivity contribution in [3.63, 3.8) is 0 Å². The summed E-state index contributed by atoms with van der Waals surface area (Å²) < 4.78 is 1.95. The summed E-state index contributed by atoms with van der Waals surface area (Å²) >= 11 is 4.77. The Kier molecular flexibility index (Phi) is 4.03. The van der Waals surface area contributed by atoms with Crippen molar-refractivity contribution in [2.75, 3.05) is 0 Å². The van der Waals surface area contributed by atoms with Crippen LogP contribution in [0.1, 0.15) is 10.7 Å². The van der Waals surface area contributed by atoms with E-state index in [1.807, 2.05) is 23.2 Å². The number of rotatable bonds is 4. The molecule has 0 aliphatic heterocycles. The zero-order chi connectivity index (χ0) is 16.7. The first kappa shape index (κ1) is 15.6. The van der Waals surface area contributed by atoms with E-state index in [9.17, 15) is 4.79 Å². The Hall–Kier alpha value is -1.90. The quantitative estimate of drug-likeness (QED) is 0.548. The van der Waals surface area contributed by atoms with Gasteiger partial charge in [-0.05, 0) is 19.1 Å². The molecule has 1 N–H and O–H groups in total. The Morgan fingerprint density at radius 1 is 1.38 bits per heavy atom. The summed E-state index contributed by atoms with van der Waals surface area (Å²) in [6.45, 7) is 2.07. The molecule has 0 saturated carbocycles. The molecule has 122 valence electrons. The van der Waals surface area contributed by atoms with E-state index in [0.29, 0.717) is 17.0 Å². The Morgan fingerprint density at radius 3 is 2.96 bits per heavy atom. The van der Waals surface area contributed by atoms with Gasteiger partial charge < -0.3 is 9.55 Å². The summed E-state index contributed by atoms with van der Waals surface area (Å²) in [5.74, 6) is 1.26. The van der Waals surface area contributed by atoms with Crippen molar-refractivity contribution in [2.45, 2.75) is 17.8 Å². The number of aromatic nitrogens is 4. The monoisotopic (exact) mass is 374 g/mol. The summed E-state index contributed by atoms with van der Waals surface area (Å²) in [4.78, 5) is 27.5.